The monoisotopic (exact) mass is 931 g/mol. The number of rotatable bonds is 7. The smallest absolute Gasteiger partial charge is 0.261 e. The number of nitrogens with zero attached hydrogens (tertiary/aromatic N) is 3. The van der Waals surface area contributed by atoms with Gasteiger partial charge in [-0.3, -0.25) is 19.3 Å². The molecule has 0 radical (unpaired) electrons. The van der Waals surface area contributed by atoms with Crippen molar-refractivity contribution in [2.45, 2.75) is 75.1 Å². The van der Waals surface area contributed by atoms with E-state index in [0.29, 0.717) is 68.3 Å². The lowest BCUT2D eigenvalue weighted by Gasteiger charge is -2.43. The van der Waals surface area contributed by atoms with E-state index >= 15 is 0 Å². The fourth-order valence-corrected chi connectivity index (χ4v) is 12.0. The van der Waals surface area contributed by atoms with Gasteiger partial charge in [-0.15, -0.1) is 0 Å². The van der Waals surface area contributed by atoms with Gasteiger partial charge in [0.1, 0.15) is 0 Å². The minimum absolute atomic E-state index is 0.232. The zero-order valence-corrected chi connectivity index (χ0v) is 39.2. The Hall–Kier alpha value is -5.30. The van der Waals surface area contributed by atoms with E-state index in [1.165, 1.54) is 54.6 Å². The highest BCUT2D eigenvalue weighted by atomic mass is 35.5. The van der Waals surface area contributed by atoms with Crippen LogP contribution in [0.1, 0.15) is 93.6 Å². The summed E-state index contributed by atoms with van der Waals surface area (Å²) in [4.78, 5) is 41.2. The fourth-order valence-electron chi connectivity index (χ4n) is 9.71. The molecule has 10 nitrogen and oxygen atoms in total. The predicted molar refractivity (Wildman–Crippen MR) is 263 cm³/mol. The number of hydrogen-bond donors (Lipinski definition) is 2. The molecule has 0 bridgehead atoms. The van der Waals surface area contributed by atoms with Gasteiger partial charge in [0.15, 0.2) is 0 Å². The number of carbonyl (C=O) groups is 3. The topological polar surface area (TPSA) is 133 Å². The summed E-state index contributed by atoms with van der Waals surface area (Å²) in [6.45, 7) is 1.71. The van der Waals surface area contributed by atoms with Crippen molar-refractivity contribution >= 4 is 83.9 Å². The van der Waals surface area contributed by atoms with E-state index in [-0.39, 0.29) is 23.8 Å². The van der Waals surface area contributed by atoms with Crippen LogP contribution in [0.15, 0.2) is 114 Å². The van der Waals surface area contributed by atoms with Crippen molar-refractivity contribution in [3.05, 3.63) is 147 Å². The number of likely N-dealkylation sites (N-methyl/N-ethyl adjacent to an activating group) is 1. The van der Waals surface area contributed by atoms with Crippen LogP contribution in [-0.2, 0) is 22.9 Å². The van der Waals surface area contributed by atoms with Gasteiger partial charge in [0.05, 0.1) is 21.0 Å². The molecule has 6 aromatic carbocycles. The van der Waals surface area contributed by atoms with Crippen molar-refractivity contribution in [2.24, 2.45) is 5.92 Å². The first-order chi connectivity index (χ1) is 31.3. The molecule has 2 aliphatic heterocycles. The molecule has 1 saturated carbocycles. The summed E-state index contributed by atoms with van der Waals surface area (Å²) in [6.07, 6.45) is 11.5. The lowest BCUT2D eigenvalue weighted by Crippen LogP contribution is -2.49. The number of benzene rings is 6. The largest absolute Gasteiger partial charge is 0.399 e. The summed E-state index contributed by atoms with van der Waals surface area (Å²) in [6, 6.07) is 33.6. The Balaban J connectivity index is 0.000000133. The first-order valence-corrected chi connectivity index (χ1v) is 24.7. The number of halogens is 2. The summed E-state index contributed by atoms with van der Waals surface area (Å²) < 4.78 is 28.4. The first-order valence-electron chi connectivity index (χ1n) is 22.5. The van der Waals surface area contributed by atoms with Crippen molar-refractivity contribution in [3.8, 4) is 0 Å². The van der Waals surface area contributed by atoms with Crippen LogP contribution < -0.4 is 11.1 Å². The maximum Gasteiger partial charge on any atom is 0.261 e. The quantitative estimate of drug-likeness (QED) is 0.120. The lowest BCUT2D eigenvalue weighted by atomic mass is 9.79. The summed E-state index contributed by atoms with van der Waals surface area (Å²) in [5.41, 5.74) is 11.2. The highest BCUT2D eigenvalue weighted by molar-refractivity contribution is 7.89. The van der Waals surface area contributed by atoms with Crippen LogP contribution >= 0.6 is 23.2 Å². The summed E-state index contributed by atoms with van der Waals surface area (Å²) >= 11 is 11.9. The maximum atomic E-state index is 13.3. The SMILES string of the molecule is CN(C)CCN1C(=O)c2cccc3cc(N)cc(c23)C1=O.O=C(Nc1ccc2ccccc2c1)c1ccc(Cl)cc1Cl.O=S(=O)(c1ccc2c(c1)CCCC2)N1CCC[C@H]2CCCC[C@@H]21. The van der Waals surface area contributed by atoms with E-state index in [1.807, 2.05) is 90.0 Å². The van der Waals surface area contributed by atoms with Gasteiger partial charge in [-0.05, 0) is 159 Å². The summed E-state index contributed by atoms with van der Waals surface area (Å²) in [5, 5.41) is 7.41. The van der Waals surface area contributed by atoms with Crippen molar-refractivity contribution < 1.29 is 22.8 Å². The van der Waals surface area contributed by atoms with Crippen LogP contribution in [0, 0.1) is 5.92 Å². The molecular weight excluding hydrogens is 878 g/mol. The molecule has 0 unspecified atom stereocenters. The van der Waals surface area contributed by atoms with Crippen LogP contribution in [0.5, 0.6) is 0 Å². The Labute approximate surface area is 391 Å². The average molecular weight is 933 g/mol. The molecule has 2 aliphatic carbocycles. The zero-order valence-electron chi connectivity index (χ0n) is 36.9. The number of nitrogens with one attached hydrogen (secondary N) is 1. The van der Waals surface area contributed by atoms with Crippen LogP contribution in [0.3, 0.4) is 0 Å². The highest BCUT2D eigenvalue weighted by Crippen LogP contribution is 2.39. The van der Waals surface area contributed by atoms with Gasteiger partial charge in [-0.1, -0.05) is 84.6 Å². The van der Waals surface area contributed by atoms with Gasteiger partial charge >= 0.3 is 0 Å². The molecule has 0 aromatic heterocycles. The number of fused-ring (bicyclic) bond motifs is 3. The molecule has 3 N–H and O–H groups in total. The lowest BCUT2D eigenvalue weighted by molar-refractivity contribution is 0.0601. The van der Waals surface area contributed by atoms with E-state index in [4.69, 9.17) is 28.9 Å². The Morgan fingerprint density at radius 3 is 2.25 bits per heavy atom. The molecule has 6 aromatic rings. The zero-order chi connectivity index (χ0) is 45.8. The van der Waals surface area contributed by atoms with Gasteiger partial charge in [-0.25, -0.2) is 8.42 Å². The molecule has 2 heterocycles. The first kappa shape index (κ1) is 46.2. The van der Waals surface area contributed by atoms with Gasteiger partial charge in [-0.2, -0.15) is 4.31 Å². The van der Waals surface area contributed by atoms with Crippen molar-refractivity contribution in [3.63, 3.8) is 0 Å². The maximum absolute atomic E-state index is 13.3. The number of imide groups is 1. The fraction of sp³-hybridized carbons (Fsp3) is 0.327. The van der Waals surface area contributed by atoms with E-state index in [0.717, 1.165) is 47.5 Å². The normalized spacial score (nSPS) is 18.3. The second-order valence-electron chi connectivity index (χ2n) is 17.7. The second kappa shape index (κ2) is 20.1. The van der Waals surface area contributed by atoms with Crippen LogP contribution in [0.2, 0.25) is 10.0 Å². The molecule has 3 amide bonds. The third kappa shape index (κ3) is 10.2. The molecule has 2 atom stereocenters. The highest BCUT2D eigenvalue weighted by Gasteiger charge is 2.40. The molecule has 65 heavy (non-hydrogen) atoms. The Morgan fingerprint density at radius 2 is 1.46 bits per heavy atom. The number of piperidine rings is 1. The standard InChI is InChI=1S/C19H27NO2S.C17H11Cl2NO.C16H17N3O2/c21-23(22,18-12-11-15-6-1-2-8-17(15)14-18)20-13-5-9-16-7-3-4-10-19(16)20;18-13-6-8-15(16(19)10-13)17(21)20-14-7-5-11-3-1-2-4-12(11)9-14;1-18(2)6-7-19-15(20)12-5-3-4-10-8-11(17)9-13(14(10)12)16(19)21/h11-12,14,16,19H,1-10,13H2;1-10H,(H,20,21);3-5,8-9H,6-7,17H2,1-2H3/t16-,19+;;/m1../s1. The Morgan fingerprint density at radius 1 is 0.738 bits per heavy atom. The van der Waals surface area contributed by atoms with Crippen LogP contribution in [0.25, 0.3) is 21.5 Å². The molecule has 13 heteroatoms. The predicted octanol–water partition coefficient (Wildman–Crippen LogP) is 10.9. The number of nitrogen functional groups attached to an aromatic ring is 1. The third-order valence-electron chi connectivity index (χ3n) is 13.0. The third-order valence-corrected chi connectivity index (χ3v) is 15.5. The molecule has 2 fully saturated rings. The van der Waals surface area contributed by atoms with Crippen molar-refractivity contribution in [2.75, 3.05) is 44.8 Å². The van der Waals surface area contributed by atoms with E-state index < -0.39 is 10.0 Å². The molecule has 338 valence electrons. The molecule has 10 rings (SSSR count). The molecule has 4 aliphatic rings. The number of nitrogens with two attached hydrogens (primary N) is 1. The van der Waals surface area contributed by atoms with Gasteiger partial charge in [0.25, 0.3) is 17.7 Å². The van der Waals surface area contributed by atoms with E-state index in [1.54, 1.807) is 36.4 Å². The number of aryl methyl sites for hydroxylation is 2. The Kier molecular flexibility index (Phi) is 14.3. The summed E-state index contributed by atoms with van der Waals surface area (Å²) in [7, 11) is 0.484. The van der Waals surface area contributed by atoms with Crippen molar-refractivity contribution in [1.82, 2.24) is 14.1 Å². The van der Waals surface area contributed by atoms with Gasteiger partial charge < -0.3 is 16.0 Å². The number of hydrogen-bond acceptors (Lipinski definition) is 7. The minimum Gasteiger partial charge on any atom is -0.399 e. The van der Waals surface area contributed by atoms with Crippen LogP contribution in [-0.4, -0.2) is 80.0 Å². The second-order valence-corrected chi connectivity index (χ2v) is 20.4. The number of amides is 3. The number of sulfonamides is 1. The van der Waals surface area contributed by atoms with Crippen molar-refractivity contribution in [1.29, 1.82) is 0 Å². The van der Waals surface area contributed by atoms with Crippen LogP contribution in [0.4, 0.5) is 11.4 Å². The Bertz CT molecular complexity index is 2890. The average Bonchev–Trinajstić information content (AvgIpc) is 3.30. The van der Waals surface area contributed by atoms with Gasteiger partial charge in [0.2, 0.25) is 10.0 Å². The van der Waals surface area contributed by atoms with E-state index in [9.17, 15) is 22.8 Å². The number of anilines is 2. The molecule has 1 saturated heterocycles. The molecular formula is C52H55Cl2N5O5S. The summed E-state index contributed by atoms with van der Waals surface area (Å²) in [5.74, 6) is -0.167. The van der Waals surface area contributed by atoms with E-state index in [2.05, 4.69) is 11.4 Å². The number of carbonyl (C=O) groups excluding carboxylic acids is 3. The molecule has 0 spiro atoms. The van der Waals surface area contributed by atoms with Gasteiger partial charge in [0, 0.05) is 53.0 Å². The minimum atomic E-state index is -3.33.